The summed E-state index contributed by atoms with van der Waals surface area (Å²) in [5.41, 5.74) is 0. The summed E-state index contributed by atoms with van der Waals surface area (Å²) >= 11 is 0. The van der Waals surface area contributed by atoms with Crippen molar-refractivity contribution in [1.29, 1.82) is 0 Å². The molecule has 0 aromatic heterocycles. The number of rotatable bonds is 11. The largest absolute Gasteiger partial charge is 0.385 e. The van der Waals surface area contributed by atoms with Crippen LogP contribution in [0.2, 0.25) is 0 Å². The Kier molecular flexibility index (Phi) is 10.2. The van der Waals surface area contributed by atoms with E-state index in [0.717, 1.165) is 26.1 Å². The van der Waals surface area contributed by atoms with Crippen LogP contribution in [0.4, 0.5) is 0 Å². The van der Waals surface area contributed by atoms with Gasteiger partial charge in [0.2, 0.25) is 0 Å². The average molecular weight is 255 g/mol. The molecule has 1 unspecified atom stereocenters. The summed E-state index contributed by atoms with van der Waals surface area (Å²) in [4.78, 5) is 9.05. The van der Waals surface area contributed by atoms with Gasteiger partial charge in [-0.1, -0.05) is 0 Å². The van der Waals surface area contributed by atoms with Gasteiger partial charge in [-0.05, 0) is 13.0 Å². The van der Waals surface area contributed by atoms with Crippen LogP contribution in [0.5, 0.6) is 0 Å². The highest BCUT2D eigenvalue weighted by Crippen LogP contribution is 2.39. The van der Waals surface area contributed by atoms with Gasteiger partial charge in [0.15, 0.2) is 0 Å². The maximum atomic E-state index is 11.0. The lowest BCUT2D eigenvalue weighted by atomic mass is 10.4. The first-order chi connectivity index (χ1) is 7.62. The Morgan fingerprint density at radius 1 is 1.19 bits per heavy atom. The average Bonchev–Trinajstić information content (AvgIpc) is 2.27. The van der Waals surface area contributed by atoms with Crippen molar-refractivity contribution in [2.24, 2.45) is 0 Å². The van der Waals surface area contributed by atoms with E-state index < -0.39 is 7.60 Å². The standard InChI is InChI=1S/C9H22NO5P/c1-13-6-3-4-10-5-7-15-8-9-16(11,12)14-2/h10H,3-9H2,1-2H3,(H,11,12). The molecule has 0 aromatic carbocycles. The van der Waals surface area contributed by atoms with E-state index in [9.17, 15) is 4.57 Å². The second kappa shape index (κ2) is 10.2. The first-order valence-electron chi connectivity index (χ1n) is 5.27. The van der Waals surface area contributed by atoms with Gasteiger partial charge >= 0.3 is 7.60 Å². The molecule has 7 heteroatoms. The predicted molar refractivity (Wildman–Crippen MR) is 61.9 cm³/mol. The Hall–Kier alpha value is 0.0300. The molecule has 0 heterocycles. The molecule has 6 nitrogen and oxygen atoms in total. The maximum Gasteiger partial charge on any atom is 0.330 e. The molecular formula is C9H22NO5P. The summed E-state index contributed by atoms with van der Waals surface area (Å²) in [5.74, 6) is 0. The van der Waals surface area contributed by atoms with E-state index in [-0.39, 0.29) is 12.8 Å². The summed E-state index contributed by atoms with van der Waals surface area (Å²) in [5, 5.41) is 3.16. The molecule has 0 saturated carbocycles. The third-order valence-electron chi connectivity index (χ3n) is 1.93. The van der Waals surface area contributed by atoms with E-state index >= 15 is 0 Å². The zero-order chi connectivity index (χ0) is 12.3. The van der Waals surface area contributed by atoms with Gasteiger partial charge in [-0.2, -0.15) is 0 Å². The van der Waals surface area contributed by atoms with E-state index in [1.807, 2.05) is 0 Å². The summed E-state index contributed by atoms with van der Waals surface area (Å²) in [6.07, 6.45) is 0.999. The van der Waals surface area contributed by atoms with Gasteiger partial charge < -0.3 is 24.2 Å². The third kappa shape index (κ3) is 10.5. The smallest absolute Gasteiger partial charge is 0.330 e. The summed E-state index contributed by atoms with van der Waals surface area (Å²) in [6, 6.07) is 0. The Morgan fingerprint density at radius 3 is 2.56 bits per heavy atom. The molecule has 0 aromatic rings. The van der Waals surface area contributed by atoms with E-state index in [4.69, 9.17) is 14.4 Å². The lowest BCUT2D eigenvalue weighted by Gasteiger charge is -2.09. The van der Waals surface area contributed by atoms with Gasteiger partial charge in [0.1, 0.15) is 0 Å². The molecular weight excluding hydrogens is 233 g/mol. The molecule has 0 aliphatic rings. The van der Waals surface area contributed by atoms with Crippen LogP contribution in [0.25, 0.3) is 0 Å². The molecule has 0 aliphatic carbocycles. The zero-order valence-corrected chi connectivity index (χ0v) is 10.9. The zero-order valence-electron chi connectivity index (χ0n) is 9.98. The molecule has 0 saturated heterocycles. The Balaban J connectivity index is 3.13. The van der Waals surface area contributed by atoms with Gasteiger partial charge in [-0.25, -0.2) is 0 Å². The molecule has 0 fully saturated rings. The van der Waals surface area contributed by atoms with Crippen LogP contribution in [-0.2, 0) is 18.6 Å². The molecule has 1 atom stereocenters. The van der Waals surface area contributed by atoms with E-state index in [1.165, 1.54) is 7.11 Å². The normalized spacial score (nSPS) is 14.9. The predicted octanol–water partition coefficient (Wildman–Crippen LogP) is 0.461. The molecule has 0 rings (SSSR count). The van der Waals surface area contributed by atoms with Crippen LogP contribution in [0.3, 0.4) is 0 Å². The number of hydrogen-bond acceptors (Lipinski definition) is 5. The van der Waals surface area contributed by atoms with E-state index in [2.05, 4.69) is 9.84 Å². The molecule has 0 spiro atoms. The van der Waals surface area contributed by atoms with Crippen LogP contribution in [0.15, 0.2) is 0 Å². The topological polar surface area (TPSA) is 77.0 Å². The van der Waals surface area contributed by atoms with Crippen molar-refractivity contribution >= 4 is 7.60 Å². The molecule has 0 bridgehead atoms. The van der Waals surface area contributed by atoms with Gasteiger partial charge in [0, 0.05) is 27.4 Å². The van der Waals surface area contributed by atoms with Crippen molar-refractivity contribution in [3.05, 3.63) is 0 Å². The fourth-order valence-electron chi connectivity index (χ4n) is 0.984. The van der Waals surface area contributed by atoms with E-state index in [1.54, 1.807) is 7.11 Å². The van der Waals surface area contributed by atoms with Crippen LogP contribution in [0.1, 0.15) is 6.42 Å². The molecule has 0 aliphatic heterocycles. The van der Waals surface area contributed by atoms with Gasteiger partial charge in [-0.3, -0.25) is 4.57 Å². The van der Waals surface area contributed by atoms with Crippen molar-refractivity contribution in [2.75, 3.05) is 53.3 Å². The first-order valence-corrected chi connectivity index (χ1v) is 7.03. The maximum absolute atomic E-state index is 11.0. The number of hydrogen-bond donors (Lipinski definition) is 2. The lowest BCUT2D eigenvalue weighted by molar-refractivity contribution is 0.144. The number of nitrogens with one attached hydrogen (secondary N) is 1. The van der Waals surface area contributed by atoms with E-state index in [0.29, 0.717) is 6.61 Å². The lowest BCUT2D eigenvalue weighted by Crippen LogP contribution is -2.22. The highest BCUT2D eigenvalue weighted by molar-refractivity contribution is 7.52. The quantitative estimate of drug-likeness (QED) is 0.412. The third-order valence-corrected chi connectivity index (χ3v) is 3.25. The highest BCUT2D eigenvalue weighted by Gasteiger charge is 2.15. The van der Waals surface area contributed by atoms with Crippen LogP contribution < -0.4 is 5.32 Å². The summed E-state index contributed by atoms with van der Waals surface area (Å²) < 4.78 is 25.5. The first kappa shape index (κ1) is 16.0. The molecule has 0 radical (unpaired) electrons. The van der Waals surface area contributed by atoms with Gasteiger partial charge in [-0.15, -0.1) is 0 Å². The van der Waals surface area contributed by atoms with Crippen molar-refractivity contribution in [3.8, 4) is 0 Å². The summed E-state index contributed by atoms with van der Waals surface area (Å²) in [6.45, 7) is 3.12. The fraction of sp³-hybridized carbons (Fsp3) is 1.00. The minimum Gasteiger partial charge on any atom is -0.385 e. The minimum absolute atomic E-state index is 0.0349. The highest BCUT2D eigenvalue weighted by atomic mass is 31.2. The number of methoxy groups -OCH3 is 1. The Bertz CT molecular complexity index is 202. The molecule has 98 valence electrons. The minimum atomic E-state index is -3.41. The Labute approximate surface area is 96.8 Å². The van der Waals surface area contributed by atoms with Crippen LogP contribution in [0, 0.1) is 0 Å². The molecule has 0 amide bonds. The van der Waals surface area contributed by atoms with Crippen molar-refractivity contribution in [1.82, 2.24) is 5.32 Å². The molecule has 2 N–H and O–H groups in total. The second-order valence-electron chi connectivity index (χ2n) is 3.25. The number of ether oxygens (including phenoxy) is 2. The Morgan fingerprint density at radius 2 is 1.94 bits per heavy atom. The van der Waals surface area contributed by atoms with Crippen LogP contribution >= 0.6 is 7.60 Å². The second-order valence-corrected chi connectivity index (χ2v) is 5.34. The molecule has 16 heavy (non-hydrogen) atoms. The monoisotopic (exact) mass is 255 g/mol. The van der Waals surface area contributed by atoms with Crippen molar-refractivity contribution in [2.45, 2.75) is 6.42 Å². The SMILES string of the molecule is COCCCNCCOCCP(=O)(O)OC. The summed E-state index contributed by atoms with van der Waals surface area (Å²) in [7, 11) is -0.513. The van der Waals surface area contributed by atoms with Crippen molar-refractivity contribution in [3.63, 3.8) is 0 Å². The van der Waals surface area contributed by atoms with Crippen molar-refractivity contribution < 1.29 is 23.5 Å². The van der Waals surface area contributed by atoms with Crippen LogP contribution in [-0.4, -0.2) is 58.2 Å². The fourth-order valence-corrected chi connectivity index (χ4v) is 1.53. The van der Waals surface area contributed by atoms with Gasteiger partial charge in [0.05, 0.1) is 19.4 Å². The van der Waals surface area contributed by atoms with Gasteiger partial charge in [0.25, 0.3) is 0 Å².